The van der Waals surface area contributed by atoms with Crippen molar-refractivity contribution in [3.05, 3.63) is 131 Å². The van der Waals surface area contributed by atoms with Crippen molar-refractivity contribution in [3.8, 4) is 27.7 Å². The number of aromatic hydroxyl groups is 2. The molecule has 1 unspecified atom stereocenters. The van der Waals surface area contributed by atoms with E-state index >= 15 is 0 Å². The zero-order valence-electron chi connectivity index (χ0n) is 44.3. The Balaban J connectivity index is 0.784. The number of aliphatic hydroxyl groups excluding tert-OH is 1. The van der Waals surface area contributed by atoms with Crippen LogP contribution in [0.5, 0.6) is 17.2 Å². The van der Waals surface area contributed by atoms with Gasteiger partial charge in [0.15, 0.2) is 0 Å². The first-order valence-electron chi connectivity index (χ1n) is 25.8. The minimum absolute atomic E-state index is 0.00894. The van der Waals surface area contributed by atoms with E-state index in [2.05, 4.69) is 20.9 Å². The molecule has 0 spiro atoms. The molecule has 1 aliphatic rings. The second-order valence-electron chi connectivity index (χ2n) is 19.5. The average molecular weight is 1100 g/mol. The number of amides is 4. The lowest BCUT2D eigenvalue weighted by Gasteiger charge is -2.35. The Morgan fingerprint density at radius 1 is 0.714 bits per heavy atom. The van der Waals surface area contributed by atoms with Gasteiger partial charge in [-0.05, 0) is 94.1 Å². The second-order valence-corrected chi connectivity index (χ2v) is 20.7. The van der Waals surface area contributed by atoms with Gasteiger partial charge in [-0.25, -0.2) is 4.98 Å². The number of likely N-dealkylation sites (tertiary alicyclic amines) is 1. The van der Waals surface area contributed by atoms with Gasteiger partial charge < -0.3 is 59.9 Å². The molecule has 0 aliphatic carbocycles. The van der Waals surface area contributed by atoms with Gasteiger partial charge in [-0.3, -0.25) is 19.2 Å². The number of phenols is 2. The van der Waals surface area contributed by atoms with Crippen molar-refractivity contribution in [2.75, 3.05) is 78.4 Å². The van der Waals surface area contributed by atoms with Crippen LogP contribution in [0, 0.1) is 12.3 Å². The number of rotatable bonds is 30. The number of hydrogen-bond donors (Lipinski definition) is 6. The van der Waals surface area contributed by atoms with Crippen molar-refractivity contribution >= 4 is 57.7 Å². The van der Waals surface area contributed by atoms with Crippen LogP contribution in [-0.2, 0) is 44.7 Å². The fourth-order valence-corrected chi connectivity index (χ4v) is 9.59. The monoisotopic (exact) mass is 1100 g/mol. The highest BCUT2D eigenvalue weighted by molar-refractivity contribution is 7.13. The second kappa shape index (κ2) is 30.5. The third kappa shape index (κ3) is 18.9. The van der Waals surface area contributed by atoms with Crippen LogP contribution in [-0.4, -0.2) is 145 Å². The van der Waals surface area contributed by atoms with Gasteiger partial charge in [0.05, 0.1) is 81.6 Å². The third-order valence-electron chi connectivity index (χ3n) is 12.6. The van der Waals surface area contributed by atoms with Crippen molar-refractivity contribution in [2.45, 2.75) is 78.1 Å². The van der Waals surface area contributed by atoms with Crippen LogP contribution in [0.1, 0.15) is 74.4 Å². The number of aryl methyl sites for hydroxylation is 1. The molecule has 1 aromatic heterocycles. The van der Waals surface area contributed by atoms with Gasteiger partial charge in [0.1, 0.15) is 35.9 Å². The average Bonchev–Trinajstić information content (AvgIpc) is 4.06. The first-order valence-corrected chi connectivity index (χ1v) is 27.3. The molecule has 0 radical (unpaired) electrons. The number of hydrogen-bond acceptors (Lipinski definition) is 14. The molecule has 6 N–H and O–H groups in total. The van der Waals surface area contributed by atoms with Crippen LogP contribution >= 0.6 is 22.9 Å². The molecule has 19 heteroatoms. The summed E-state index contributed by atoms with van der Waals surface area (Å²) < 4.78 is 28.2. The highest BCUT2D eigenvalue weighted by atomic mass is 35.5. The number of carbonyl (C=O) groups excluding carboxylic acids is 4. The molecule has 77 heavy (non-hydrogen) atoms. The maximum atomic E-state index is 14.0. The number of alkyl halides is 1. The molecule has 0 saturated carbocycles. The summed E-state index contributed by atoms with van der Waals surface area (Å²) in [5, 5.41) is 39.0. The van der Waals surface area contributed by atoms with Crippen molar-refractivity contribution in [3.63, 3.8) is 0 Å². The first kappa shape index (κ1) is 59.9. The molecule has 414 valence electrons. The van der Waals surface area contributed by atoms with E-state index < -0.39 is 29.5 Å². The zero-order chi connectivity index (χ0) is 55.2. The number of nitrogens with zero attached hydrogens (tertiary/aromatic N) is 2. The van der Waals surface area contributed by atoms with Crippen molar-refractivity contribution in [1.29, 1.82) is 0 Å². The highest BCUT2D eigenvalue weighted by Gasteiger charge is 2.44. The number of allylic oxidation sites excluding steroid dienone is 1. The summed E-state index contributed by atoms with van der Waals surface area (Å²) in [7, 11) is 0. The molecule has 4 amide bonds. The fourth-order valence-electron chi connectivity index (χ4n) is 8.58. The van der Waals surface area contributed by atoms with Crippen LogP contribution in [0.3, 0.4) is 0 Å². The lowest BCUT2D eigenvalue weighted by molar-refractivity contribution is -0.144. The van der Waals surface area contributed by atoms with Gasteiger partial charge in [-0.15, -0.1) is 22.9 Å². The first-order chi connectivity index (χ1) is 37.1. The summed E-state index contributed by atoms with van der Waals surface area (Å²) >= 11 is 7.84. The number of β-amino-alcohol motifs (C(OH)–C–C–N with tert-alkyl or cyclic N) is 1. The predicted octanol–water partition coefficient (Wildman–Crippen LogP) is 7.27. The number of aliphatic hydroxyl groups is 1. The van der Waals surface area contributed by atoms with E-state index in [1.54, 1.807) is 35.6 Å². The Hall–Kier alpha value is -6.38. The smallest absolute Gasteiger partial charge is 0.246 e. The number of benzene rings is 4. The Morgan fingerprint density at radius 2 is 1.26 bits per heavy atom. The number of thiazole rings is 1. The van der Waals surface area contributed by atoms with Crippen molar-refractivity contribution in [1.82, 2.24) is 25.8 Å². The minimum atomic E-state index is -0.944. The molecule has 17 nitrogen and oxygen atoms in total. The lowest BCUT2D eigenvalue weighted by Crippen LogP contribution is -2.57. The number of aromatic nitrogens is 1. The van der Waals surface area contributed by atoms with E-state index in [9.17, 15) is 34.5 Å². The number of nitrogens with one attached hydrogen (secondary N) is 3. The molecule has 3 atom stereocenters. The Bertz CT molecular complexity index is 2680. The van der Waals surface area contributed by atoms with Crippen LogP contribution in [0.2, 0.25) is 0 Å². The van der Waals surface area contributed by atoms with E-state index in [1.165, 1.54) is 4.90 Å². The zero-order valence-corrected chi connectivity index (χ0v) is 45.8. The molecular weight excluding hydrogens is 1030 g/mol. The van der Waals surface area contributed by atoms with Crippen LogP contribution < -0.4 is 20.7 Å². The molecular formula is C58H72ClN5O12S. The summed E-state index contributed by atoms with van der Waals surface area (Å²) in [5.74, 6) is 0.00279. The van der Waals surface area contributed by atoms with Crippen molar-refractivity contribution in [2.24, 2.45) is 5.41 Å². The molecule has 6 rings (SSSR count). The van der Waals surface area contributed by atoms with E-state index in [-0.39, 0.29) is 94.6 Å². The van der Waals surface area contributed by atoms with Crippen LogP contribution in [0.15, 0.2) is 103 Å². The molecule has 1 saturated heterocycles. The lowest BCUT2D eigenvalue weighted by atomic mass is 9.85. The normalized spacial score (nSPS) is 15.2. The van der Waals surface area contributed by atoms with Crippen LogP contribution in [0.4, 0.5) is 0 Å². The number of ether oxygens (including phenoxy) is 5. The van der Waals surface area contributed by atoms with E-state index in [4.69, 9.17) is 35.3 Å². The quantitative estimate of drug-likeness (QED) is 0.0151. The molecule has 4 aromatic carbocycles. The predicted molar refractivity (Wildman–Crippen MR) is 297 cm³/mol. The van der Waals surface area contributed by atoms with Gasteiger partial charge >= 0.3 is 0 Å². The maximum absolute atomic E-state index is 14.0. The summed E-state index contributed by atoms with van der Waals surface area (Å²) in [6.45, 7) is 10.5. The van der Waals surface area contributed by atoms with Gasteiger partial charge in [0.25, 0.3) is 0 Å². The fraction of sp³-hybridized carbons (Fsp3) is 0.431. The summed E-state index contributed by atoms with van der Waals surface area (Å²) in [4.78, 5) is 59.6. The standard InChI is InChI=1S/C58H72ClN5O12S/c1-39-54(77-38-62-39)44-7-5-40(6-8-44)36-61-56(70)50-35-47(67)37-64(50)57(71)55(58(2,3)4)63-52(69)23-27-73-30-32-75-34-33-74-31-29-72-26-22-51(68)60-25-28-76-48-19-13-43(14-20-48)53(42-11-17-46(66)18-12-42)49(21-24-59)41-9-15-45(65)16-10-41/h5-20,38,47,50,55,65-67H,21-37H2,1-4H3,(H,60,68)(H,61,70)(H,63,69)/t47-,50+,55?/m1/s1. The Labute approximate surface area is 459 Å². The largest absolute Gasteiger partial charge is 0.508 e. The molecule has 1 aliphatic heterocycles. The summed E-state index contributed by atoms with van der Waals surface area (Å²) in [6, 6.07) is 27.7. The van der Waals surface area contributed by atoms with Gasteiger partial charge in [0, 0.05) is 38.2 Å². The molecule has 1 fully saturated rings. The topological polar surface area (TPSA) is 227 Å². The van der Waals surface area contributed by atoms with Gasteiger partial charge in [-0.2, -0.15) is 0 Å². The van der Waals surface area contributed by atoms with E-state index in [1.807, 2.05) is 106 Å². The third-order valence-corrected chi connectivity index (χ3v) is 13.8. The molecule has 2 heterocycles. The van der Waals surface area contributed by atoms with Crippen LogP contribution in [0.25, 0.3) is 21.6 Å². The number of carbonyl (C=O) groups is 4. The number of halogens is 1. The highest BCUT2D eigenvalue weighted by Crippen LogP contribution is 2.37. The molecule has 0 bridgehead atoms. The van der Waals surface area contributed by atoms with Gasteiger partial charge in [-0.1, -0.05) is 81.4 Å². The summed E-state index contributed by atoms with van der Waals surface area (Å²) in [5.41, 5.74) is 8.69. The molecule has 5 aromatic rings. The van der Waals surface area contributed by atoms with E-state index in [0.29, 0.717) is 51.0 Å². The number of phenolic OH excluding ortho intramolecular Hbond substituents is 2. The minimum Gasteiger partial charge on any atom is -0.508 e. The van der Waals surface area contributed by atoms with Crippen molar-refractivity contribution < 1.29 is 58.2 Å². The Kier molecular flexibility index (Phi) is 23.7. The SMILES string of the molecule is Cc1ncsc1-c1ccc(CNC(=O)[C@@H]2C[C@@H](O)CN2C(=O)C(NC(=O)CCOCCOCCOCCOCCC(=O)NCCOc2ccc(C(=C(CCCl)c3ccc(O)cc3)c3ccc(O)cc3)cc2)C(C)(C)C)cc1. The van der Waals surface area contributed by atoms with E-state index in [0.717, 1.165) is 49.5 Å². The van der Waals surface area contributed by atoms with Gasteiger partial charge in [0.2, 0.25) is 23.6 Å². The maximum Gasteiger partial charge on any atom is 0.246 e. The Morgan fingerprint density at radius 3 is 1.81 bits per heavy atom. The summed E-state index contributed by atoms with van der Waals surface area (Å²) in [6.07, 6.45) is -0.0118.